The smallest absolute Gasteiger partial charge is 0.311 e. The predicted octanol–water partition coefficient (Wildman–Crippen LogP) is 2.79. The van der Waals surface area contributed by atoms with Crippen LogP contribution in [0.2, 0.25) is 0 Å². The number of likely N-dealkylation sites (tertiary alicyclic amines) is 1. The molecule has 1 unspecified atom stereocenters. The summed E-state index contributed by atoms with van der Waals surface area (Å²) < 4.78 is 4.70. The number of hydrogen-bond acceptors (Lipinski definition) is 6. The van der Waals surface area contributed by atoms with Crippen molar-refractivity contribution in [2.75, 3.05) is 19.8 Å². The molecule has 7 nitrogen and oxygen atoms in total. The maximum absolute atomic E-state index is 14.3. The van der Waals surface area contributed by atoms with Crippen molar-refractivity contribution in [3.05, 3.63) is 60.2 Å². The first-order valence-corrected chi connectivity index (χ1v) is 13.7. The van der Waals surface area contributed by atoms with E-state index >= 15 is 0 Å². The van der Waals surface area contributed by atoms with Crippen LogP contribution in [0.4, 0.5) is 0 Å². The third kappa shape index (κ3) is 4.08. The highest BCUT2D eigenvalue weighted by Gasteiger charge is 2.71. The summed E-state index contributed by atoms with van der Waals surface area (Å²) in [5, 5.41) is 10.1. The van der Waals surface area contributed by atoms with Crippen LogP contribution in [0.1, 0.15) is 32.3 Å². The van der Waals surface area contributed by atoms with E-state index in [1.807, 2.05) is 62.4 Å². The Hall–Kier alpha value is -2.58. The SMILES string of the molecule is CC(C)[C@H](CO)N1C(=O)[C@@H]2[C@H]3C(=O)OCCC/C=C\[C@H]3S[C@@]23C=CCN(Cc2ccccc2)C(=O)C13. The number of esters is 1. The number of aliphatic hydroxyl groups excluding tert-OH is 1. The van der Waals surface area contributed by atoms with Crippen LogP contribution in [-0.2, 0) is 25.7 Å². The molecule has 0 saturated carbocycles. The van der Waals surface area contributed by atoms with Crippen LogP contribution in [-0.4, -0.2) is 74.5 Å². The molecule has 36 heavy (non-hydrogen) atoms. The zero-order valence-electron chi connectivity index (χ0n) is 20.8. The summed E-state index contributed by atoms with van der Waals surface area (Å²) in [6.07, 6.45) is 9.62. The molecule has 1 N–H and O–H groups in total. The molecule has 1 spiro atoms. The average molecular weight is 511 g/mol. The van der Waals surface area contributed by atoms with E-state index in [0.717, 1.165) is 18.4 Å². The van der Waals surface area contributed by atoms with E-state index in [9.17, 15) is 19.5 Å². The molecule has 0 aliphatic carbocycles. The molecular weight excluding hydrogens is 476 g/mol. The fourth-order valence-corrected chi connectivity index (χ4v) is 8.15. The maximum atomic E-state index is 14.3. The number of allylic oxidation sites excluding steroid dienone is 1. The molecule has 0 aromatic heterocycles. The Labute approximate surface area is 216 Å². The summed E-state index contributed by atoms with van der Waals surface area (Å²) >= 11 is 1.54. The molecule has 6 atom stereocenters. The zero-order valence-corrected chi connectivity index (χ0v) is 21.6. The number of amides is 2. The van der Waals surface area contributed by atoms with E-state index in [1.54, 1.807) is 9.80 Å². The second-order valence-electron chi connectivity index (χ2n) is 10.4. The summed E-state index contributed by atoms with van der Waals surface area (Å²) in [6, 6.07) is 8.47. The average Bonchev–Trinajstić information content (AvgIpc) is 3.27. The van der Waals surface area contributed by atoms with Crippen LogP contribution in [0.5, 0.6) is 0 Å². The Kier molecular flexibility index (Phi) is 7.01. The van der Waals surface area contributed by atoms with E-state index in [4.69, 9.17) is 4.74 Å². The fraction of sp³-hybridized carbons (Fsp3) is 0.536. The van der Waals surface area contributed by atoms with Crippen molar-refractivity contribution in [3.8, 4) is 0 Å². The van der Waals surface area contributed by atoms with Gasteiger partial charge in [-0.05, 0) is 24.3 Å². The molecule has 2 amide bonds. The van der Waals surface area contributed by atoms with Gasteiger partial charge < -0.3 is 19.6 Å². The number of cyclic esters (lactones) is 1. The van der Waals surface area contributed by atoms with Gasteiger partial charge in [-0.15, -0.1) is 11.8 Å². The molecule has 8 heteroatoms. The third-order valence-corrected chi connectivity index (χ3v) is 9.65. The van der Waals surface area contributed by atoms with Crippen LogP contribution in [0.25, 0.3) is 0 Å². The summed E-state index contributed by atoms with van der Waals surface area (Å²) in [7, 11) is 0. The molecule has 1 aromatic carbocycles. The van der Waals surface area contributed by atoms with Crippen molar-refractivity contribution in [1.29, 1.82) is 0 Å². The summed E-state index contributed by atoms with van der Waals surface area (Å²) in [6.45, 7) is 4.81. The van der Waals surface area contributed by atoms with Crippen molar-refractivity contribution >= 4 is 29.5 Å². The molecule has 4 heterocycles. The lowest BCUT2D eigenvalue weighted by atomic mass is 9.78. The van der Waals surface area contributed by atoms with Crippen molar-refractivity contribution in [2.24, 2.45) is 17.8 Å². The highest BCUT2D eigenvalue weighted by atomic mass is 32.2. The summed E-state index contributed by atoms with van der Waals surface area (Å²) in [5.41, 5.74) is 1.01. The van der Waals surface area contributed by atoms with Crippen LogP contribution in [0.15, 0.2) is 54.6 Å². The van der Waals surface area contributed by atoms with E-state index in [1.165, 1.54) is 11.8 Å². The van der Waals surface area contributed by atoms with Gasteiger partial charge in [-0.1, -0.05) is 68.5 Å². The lowest BCUT2D eigenvalue weighted by molar-refractivity contribution is -0.154. The molecule has 192 valence electrons. The van der Waals surface area contributed by atoms with Crippen molar-refractivity contribution in [1.82, 2.24) is 9.80 Å². The van der Waals surface area contributed by atoms with Gasteiger partial charge in [-0.3, -0.25) is 14.4 Å². The number of aliphatic hydroxyl groups is 1. The molecule has 4 aliphatic heterocycles. The topological polar surface area (TPSA) is 87.2 Å². The van der Waals surface area contributed by atoms with E-state index < -0.39 is 28.7 Å². The quantitative estimate of drug-likeness (QED) is 0.484. The first kappa shape index (κ1) is 25.1. The summed E-state index contributed by atoms with van der Waals surface area (Å²) in [4.78, 5) is 45.2. The third-order valence-electron chi connectivity index (χ3n) is 7.90. The van der Waals surface area contributed by atoms with Crippen LogP contribution < -0.4 is 0 Å². The van der Waals surface area contributed by atoms with E-state index in [2.05, 4.69) is 6.08 Å². The Morgan fingerprint density at radius 2 is 1.92 bits per heavy atom. The Balaban J connectivity index is 1.61. The van der Waals surface area contributed by atoms with Crippen molar-refractivity contribution in [3.63, 3.8) is 0 Å². The molecule has 0 bridgehead atoms. The van der Waals surface area contributed by atoms with Gasteiger partial charge in [-0.25, -0.2) is 0 Å². The minimum absolute atomic E-state index is 0.0642. The highest BCUT2D eigenvalue weighted by Crippen LogP contribution is 2.61. The van der Waals surface area contributed by atoms with Gasteiger partial charge >= 0.3 is 5.97 Å². The van der Waals surface area contributed by atoms with Gasteiger partial charge in [0.25, 0.3) is 0 Å². The molecule has 1 aromatic rings. The second kappa shape index (κ2) is 10.1. The molecule has 2 saturated heterocycles. The Morgan fingerprint density at radius 3 is 2.64 bits per heavy atom. The zero-order chi connectivity index (χ0) is 25.4. The predicted molar refractivity (Wildman–Crippen MR) is 138 cm³/mol. The number of ether oxygens (including phenoxy) is 1. The number of carbonyl (C=O) groups is 3. The summed E-state index contributed by atoms with van der Waals surface area (Å²) in [5.74, 6) is -2.21. The van der Waals surface area contributed by atoms with Crippen LogP contribution in [0, 0.1) is 17.8 Å². The van der Waals surface area contributed by atoms with Gasteiger partial charge in [0.15, 0.2) is 0 Å². The van der Waals surface area contributed by atoms with Gasteiger partial charge in [0.2, 0.25) is 11.8 Å². The number of rotatable bonds is 5. The molecule has 2 fully saturated rings. The normalized spacial score (nSPS) is 33.7. The highest BCUT2D eigenvalue weighted by molar-refractivity contribution is 8.02. The number of fused-ring (bicyclic) bond motifs is 2. The maximum Gasteiger partial charge on any atom is 0.311 e. The number of benzene rings is 1. The fourth-order valence-electron chi connectivity index (χ4n) is 6.16. The van der Waals surface area contributed by atoms with Gasteiger partial charge in [0.1, 0.15) is 6.04 Å². The standard InChI is InChI=1S/C28H34N2O5S/c1-18(2)20(17-31)30-24-26(33)29(16-19-10-5-3-6-11-19)14-9-13-28(24)23(25(30)32)22-21(36-28)12-7-4-8-15-35-27(22)34/h3,5-7,9-13,18,20-24,31H,4,8,14-17H2,1-2H3/b12-7-/t20-,21+,22-,23-,24?,28-/m0/s1. The van der Waals surface area contributed by atoms with Crippen LogP contribution >= 0.6 is 11.8 Å². The minimum atomic E-state index is -0.903. The monoisotopic (exact) mass is 510 g/mol. The lowest BCUT2D eigenvalue weighted by Crippen LogP contribution is -2.57. The first-order valence-electron chi connectivity index (χ1n) is 12.8. The Morgan fingerprint density at radius 1 is 1.14 bits per heavy atom. The van der Waals surface area contributed by atoms with E-state index in [0.29, 0.717) is 19.7 Å². The number of hydrogen-bond donors (Lipinski definition) is 1. The van der Waals surface area contributed by atoms with E-state index in [-0.39, 0.29) is 35.6 Å². The van der Waals surface area contributed by atoms with Gasteiger partial charge in [-0.2, -0.15) is 0 Å². The molecule has 5 rings (SSSR count). The van der Waals surface area contributed by atoms with Crippen molar-refractivity contribution in [2.45, 2.75) is 55.3 Å². The van der Waals surface area contributed by atoms with Gasteiger partial charge in [0.05, 0.1) is 35.8 Å². The molecular formula is C28H34N2O5S. The largest absolute Gasteiger partial charge is 0.465 e. The molecule has 0 radical (unpaired) electrons. The Bertz CT molecular complexity index is 1070. The molecule has 4 aliphatic rings. The first-order chi connectivity index (χ1) is 17.4. The van der Waals surface area contributed by atoms with Crippen molar-refractivity contribution < 1.29 is 24.2 Å². The van der Waals surface area contributed by atoms with Crippen LogP contribution in [0.3, 0.4) is 0 Å². The second-order valence-corrected chi connectivity index (χ2v) is 11.9. The number of thioether (sulfide) groups is 1. The minimum Gasteiger partial charge on any atom is -0.465 e. The number of carbonyl (C=O) groups excluding carboxylic acids is 3. The van der Waals surface area contributed by atoms with Gasteiger partial charge in [0, 0.05) is 18.3 Å². The number of nitrogens with zero attached hydrogens (tertiary/aromatic N) is 2. The lowest BCUT2D eigenvalue weighted by Gasteiger charge is -2.39.